The number of nitrogens with zero attached hydrogens (tertiary/aromatic N) is 2. The minimum Gasteiger partial charge on any atom is -0.478 e. The first-order valence-corrected chi connectivity index (χ1v) is 14.5. The smallest absolute Gasteiger partial charge is 0.335 e. The summed E-state index contributed by atoms with van der Waals surface area (Å²) in [4.78, 5) is 38.2. The molecule has 11 nitrogen and oxygen atoms in total. The normalized spacial score (nSPS) is 13.4. The number of nitrogens with one attached hydrogen (secondary N) is 2. The van der Waals surface area contributed by atoms with E-state index in [1.54, 1.807) is 42.2 Å². The number of benzene rings is 3. The van der Waals surface area contributed by atoms with Crippen LogP contribution >= 0.6 is 11.6 Å². The Kier molecular flexibility index (Phi) is 9.48. The van der Waals surface area contributed by atoms with E-state index in [-0.39, 0.29) is 28.7 Å². The number of carboxylic acid groups (broad SMARTS) is 1. The van der Waals surface area contributed by atoms with Gasteiger partial charge in [-0.1, -0.05) is 29.8 Å². The van der Waals surface area contributed by atoms with E-state index < -0.39 is 28.4 Å². The van der Waals surface area contributed by atoms with Gasteiger partial charge in [0, 0.05) is 30.3 Å². The maximum absolute atomic E-state index is 13.8. The van der Waals surface area contributed by atoms with Crippen molar-refractivity contribution in [3.05, 3.63) is 88.4 Å². The standard InChI is InChI=1S/C28H29ClN4O7S/c1-19-24(29)6-3-7-25(19)33(18-26(34)30-17-20-4-2-5-21(16-20)27(35)36)41(38,39)23-10-8-22(9-11-23)31-28(37)32-12-14-40-15-13-32/h2-11,16H,12-15,17-18H2,1H3,(H,30,34)(H,31,37)(H,35,36). The van der Waals surface area contributed by atoms with Crippen molar-refractivity contribution in [2.24, 2.45) is 0 Å². The van der Waals surface area contributed by atoms with Gasteiger partial charge >= 0.3 is 12.0 Å². The number of rotatable bonds is 9. The van der Waals surface area contributed by atoms with Crippen LogP contribution in [0.1, 0.15) is 21.5 Å². The van der Waals surface area contributed by atoms with Gasteiger partial charge in [0.2, 0.25) is 5.91 Å². The van der Waals surface area contributed by atoms with Crippen LogP contribution < -0.4 is 14.9 Å². The van der Waals surface area contributed by atoms with E-state index in [4.69, 9.17) is 16.3 Å². The molecule has 1 fully saturated rings. The third-order valence-corrected chi connectivity index (χ3v) is 8.63. The minimum absolute atomic E-state index is 0.0000926. The van der Waals surface area contributed by atoms with Gasteiger partial charge in [-0.2, -0.15) is 0 Å². The van der Waals surface area contributed by atoms with Gasteiger partial charge in [0.05, 0.1) is 29.4 Å². The molecular weight excluding hydrogens is 572 g/mol. The second-order valence-corrected chi connectivity index (χ2v) is 11.5. The van der Waals surface area contributed by atoms with Gasteiger partial charge in [-0.15, -0.1) is 0 Å². The number of sulfonamides is 1. The van der Waals surface area contributed by atoms with Crippen LogP contribution in [0.15, 0.2) is 71.6 Å². The lowest BCUT2D eigenvalue weighted by Gasteiger charge is -2.27. The van der Waals surface area contributed by atoms with Crippen molar-refractivity contribution >= 4 is 50.9 Å². The lowest BCUT2D eigenvalue weighted by molar-refractivity contribution is -0.119. The van der Waals surface area contributed by atoms with Crippen molar-refractivity contribution in [1.82, 2.24) is 10.2 Å². The Bertz CT molecular complexity index is 1540. The molecule has 13 heteroatoms. The van der Waals surface area contributed by atoms with Gasteiger partial charge in [0.25, 0.3) is 10.0 Å². The summed E-state index contributed by atoms with van der Waals surface area (Å²) >= 11 is 6.28. The first-order valence-electron chi connectivity index (χ1n) is 12.7. The Morgan fingerprint density at radius 2 is 1.71 bits per heavy atom. The number of amides is 3. The maximum atomic E-state index is 13.8. The topological polar surface area (TPSA) is 145 Å². The highest BCUT2D eigenvalue weighted by atomic mass is 35.5. The monoisotopic (exact) mass is 600 g/mol. The van der Waals surface area contributed by atoms with Crippen molar-refractivity contribution < 1.29 is 32.6 Å². The molecule has 0 bridgehead atoms. The quantitative estimate of drug-likeness (QED) is 0.339. The number of hydrogen-bond donors (Lipinski definition) is 3. The number of halogens is 1. The van der Waals surface area contributed by atoms with Crippen molar-refractivity contribution in [3.8, 4) is 0 Å². The Morgan fingerprint density at radius 1 is 1.02 bits per heavy atom. The fourth-order valence-electron chi connectivity index (χ4n) is 4.17. The lowest BCUT2D eigenvalue weighted by Crippen LogP contribution is -2.43. The number of hydrogen-bond acceptors (Lipinski definition) is 6. The van der Waals surface area contributed by atoms with Crippen LogP contribution in [0.5, 0.6) is 0 Å². The van der Waals surface area contributed by atoms with E-state index in [0.717, 1.165) is 4.31 Å². The molecule has 0 atom stereocenters. The van der Waals surface area contributed by atoms with Crippen molar-refractivity contribution in [2.75, 3.05) is 42.5 Å². The molecule has 1 saturated heterocycles. The van der Waals surface area contributed by atoms with Gasteiger partial charge in [0.15, 0.2) is 0 Å². The summed E-state index contributed by atoms with van der Waals surface area (Å²) in [6.07, 6.45) is 0. The number of urea groups is 1. The molecule has 1 aliphatic rings. The number of anilines is 2. The SMILES string of the molecule is Cc1c(Cl)cccc1N(CC(=O)NCc1cccc(C(=O)O)c1)S(=O)(=O)c1ccc(NC(=O)N2CCOCC2)cc1. The Balaban J connectivity index is 1.54. The fourth-order valence-corrected chi connectivity index (χ4v) is 5.82. The predicted molar refractivity (Wildman–Crippen MR) is 154 cm³/mol. The highest BCUT2D eigenvalue weighted by Gasteiger charge is 2.29. The van der Waals surface area contributed by atoms with E-state index >= 15 is 0 Å². The zero-order valence-corrected chi connectivity index (χ0v) is 23.7. The number of aromatic carboxylic acids is 1. The number of carboxylic acids is 1. The molecule has 0 radical (unpaired) electrons. The zero-order valence-electron chi connectivity index (χ0n) is 22.2. The summed E-state index contributed by atoms with van der Waals surface area (Å²) in [5, 5.41) is 14.9. The Hall–Kier alpha value is -4.13. The first-order chi connectivity index (χ1) is 19.6. The maximum Gasteiger partial charge on any atom is 0.335 e. The van der Waals surface area contributed by atoms with E-state index in [0.29, 0.717) is 48.1 Å². The summed E-state index contributed by atoms with van der Waals surface area (Å²) in [6.45, 7) is 2.91. The molecular formula is C28H29ClN4O7S. The van der Waals surface area contributed by atoms with Crippen molar-refractivity contribution in [3.63, 3.8) is 0 Å². The highest BCUT2D eigenvalue weighted by Crippen LogP contribution is 2.31. The average molecular weight is 601 g/mol. The van der Waals surface area contributed by atoms with Gasteiger partial charge in [-0.3, -0.25) is 9.10 Å². The molecule has 1 heterocycles. The van der Waals surface area contributed by atoms with Gasteiger partial charge in [-0.05, 0) is 66.6 Å². The average Bonchev–Trinajstić information content (AvgIpc) is 2.97. The van der Waals surface area contributed by atoms with Crippen molar-refractivity contribution in [2.45, 2.75) is 18.4 Å². The molecule has 0 spiro atoms. The fraction of sp³-hybridized carbons (Fsp3) is 0.250. The highest BCUT2D eigenvalue weighted by molar-refractivity contribution is 7.92. The number of carbonyl (C=O) groups is 3. The first kappa shape index (κ1) is 29.8. The summed E-state index contributed by atoms with van der Waals surface area (Å²) < 4.78 is 33.9. The van der Waals surface area contributed by atoms with Crippen LogP contribution in [0.4, 0.5) is 16.2 Å². The minimum atomic E-state index is -4.26. The molecule has 0 unspecified atom stereocenters. The number of ether oxygens (including phenoxy) is 1. The van der Waals surface area contributed by atoms with Gasteiger partial charge < -0.3 is 25.4 Å². The Morgan fingerprint density at radius 3 is 2.39 bits per heavy atom. The molecule has 3 amide bonds. The molecule has 0 saturated carbocycles. The second kappa shape index (κ2) is 13.0. The molecule has 0 aliphatic carbocycles. The summed E-state index contributed by atoms with van der Waals surface area (Å²) in [6, 6.07) is 16.2. The third kappa shape index (κ3) is 7.34. The molecule has 3 aromatic carbocycles. The van der Waals surface area contributed by atoms with Crippen LogP contribution in [0.3, 0.4) is 0 Å². The number of morpholine rings is 1. The van der Waals surface area contributed by atoms with E-state index in [1.807, 2.05) is 0 Å². The number of carbonyl (C=O) groups excluding carboxylic acids is 2. The van der Waals surface area contributed by atoms with E-state index in [2.05, 4.69) is 10.6 Å². The summed E-state index contributed by atoms with van der Waals surface area (Å²) in [5.41, 5.74) is 1.72. The molecule has 0 aromatic heterocycles. The van der Waals surface area contributed by atoms with Crippen LogP contribution in [-0.2, 0) is 26.1 Å². The molecule has 3 aromatic rings. The molecule has 1 aliphatic heterocycles. The summed E-state index contributed by atoms with van der Waals surface area (Å²) in [7, 11) is -4.26. The van der Waals surface area contributed by atoms with E-state index in [1.165, 1.54) is 36.4 Å². The van der Waals surface area contributed by atoms with Crippen LogP contribution in [-0.4, -0.2) is 69.2 Å². The molecule has 4 rings (SSSR count). The molecule has 216 valence electrons. The lowest BCUT2D eigenvalue weighted by atomic mass is 10.1. The van der Waals surface area contributed by atoms with Gasteiger partial charge in [-0.25, -0.2) is 18.0 Å². The Labute approximate surface area is 242 Å². The van der Waals surface area contributed by atoms with Crippen LogP contribution in [0.2, 0.25) is 5.02 Å². The largest absolute Gasteiger partial charge is 0.478 e. The third-order valence-electron chi connectivity index (χ3n) is 6.45. The molecule has 41 heavy (non-hydrogen) atoms. The predicted octanol–water partition coefficient (Wildman–Crippen LogP) is 3.72. The van der Waals surface area contributed by atoms with Crippen molar-refractivity contribution in [1.29, 1.82) is 0 Å². The van der Waals surface area contributed by atoms with Gasteiger partial charge in [0.1, 0.15) is 6.54 Å². The molecule has 3 N–H and O–H groups in total. The zero-order chi connectivity index (χ0) is 29.6. The van der Waals surface area contributed by atoms with Crippen LogP contribution in [0.25, 0.3) is 0 Å². The van der Waals surface area contributed by atoms with E-state index in [9.17, 15) is 27.9 Å². The van der Waals surface area contributed by atoms with Crippen LogP contribution in [0, 0.1) is 6.92 Å². The summed E-state index contributed by atoms with van der Waals surface area (Å²) in [5.74, 6) is -1.71. The second-order valence-electron chi connectivity index (χ2n) is 9.23.